The Morgan fingerprint density at radius 2 is 1.33 bits per heavy atom. The minimum atomic E-state index is -0.769. The van der Waals surface area contributed by atoms with Crippen LogP contribution in [-0.2, 0) is 14.3 Å². The molecular formula is C47H67NO4. The second-order valence-corrected chi connectivity index (χ2v) is 16.3. The lowest BCUT2D eigenvalue weighted by atomic mass is 9.71. The number of ketones is 1. The van der Waals surface area contributed by atoms with Crippen LogP contribution in [0.3, 0.4) is 0 Å². The predicted molar refractivity (Wildman–Crippen MR) is 221 cm³/mol. The molecule has 1 amide bonds. The van der Waals surface area contributed by atoms with E-state index in [1.165, 1.54) is 28.7 Å². The Balaban J connectivity index is 1.96. The maximum Gasteiger partial charge on any atom is 0.410 e. The Labute approximate surface area is 316 Å². The van der Waals surface area contributed by atoms with E-state index in [1.54, 1.807) is 4.90 Å². The van der Waals surface area contributed by atoms with Gasteiger partial charge in [0.1, 0.15) is 0 Å². The molecule has 1 aliphatic carbocycles. The number of nitrogens with zero attached hydrogens (tertiary/aromatic N) is 1. The van der Waals surface area contributed by atoms with Gasteiger partial charge < -0.3 is 14.4 Å². The van der Waals surface area contributed by atoms with Crippen LogP contribution in [0.4, 0.5) is 4.79 Å². The third-order valence-electron chi connectivity index (χ3n) is 9.48. The van der Waals surface area contributed by atoms with Crippen molar-refractivity contribution >= 4 is 11.9 Å². The van der Waals surface area contributed by atoms with Gasteiger partial charge >= 0.3 is 6.09 Å². The minimum absolute atomic E-state index is 0.123. The highest BCUT2D eigenvalue weighted by Crippen LogP contribution is 2.41. The smallest absolute Gasteiger partial charge is 0.410 e. The number of hydrogen-bond acceptors (Lipinski definition) is 4. The fourth-order valence-corrected chi connectivity index (χ4v) is 6.91. The molecule has 0 N–H and O–H groups in total. The number of Topliss-reactive ketones (excluding diaryl/α,β-unsaturated/α-hetero) is 1. The van der Waals surface area contributed by atoms with Gasteiger partial charge in [-0.1, -0.05) is 154 Å². The lowest BCUT2D eigenvalue weighted by molar-refractivity contribution is -0.126. The molecule has 2 aliphatic rings. The zero-order chi connectivity index (χ0) is 39.1. The first-order chi connectivity index (χ1) is 24.3. The quantitative estimate of drug-likeness (QED) is 0.169. The Morgan fingerprint density at radius 3 is 1.85 bits per heavy atom. The lowest BCUT2D eigenvalue weighted by Gasteiger charge is -2.37. The van der Waals surface area contributed by atoms with Gasteiger partial charge in [-0.3, -0.25) is 4.79 Å². The topological polar surface area (TPSA) is 55.8 Å². The third-order valence-corrected chi connectivity index (χ3v) is 9.48. The molecule has 284 valence electrons. The summed E-state index contributed by atoms with van der Waals surface area (Å²) in [5, 5.41) is 0. The van der Waals surface area contributed by atoms with Crippen LogP contribution >= 0.6 is 0 Å². The van der Waals surface area contributed by atoms with Gasteiger partial charge in [0.15, 0.2) is 11.9 Å². The molecule has 1 aliphatic heterocycles. The van der Waals surface area contributed by atoms with Crippen molar-refractivity contribution in [1.29, 1.82) is 0 Å². The standard InChI is InChI=1S/C47H67NO4/c1-34(2)32-46(10,11)41(35(3)4)26-24-38(7)22-16-20-36(5)18-14-15-19-37(6)21-17-23-39(8)25-27-42-40(9)44(49)43(33-47(42,12)13)52-45(50)48-28-30-51-31-29-48/h14-27,34,43H,28-33H2,1-13H3/b15-14+,20-16+,21-17+,26-24+,27-25+,36-18+,37-19+,38-22+,39-23+. The van der Waals surface area contributed by atoms with Gasteiger partial charge in [-0.05, 0) is 88.4 Å². The molecule has 0 radical (unpaired) electrons. The molecule has 1 unspecified atom stereocenters. The maximum absolute atomic E-state index is 13.2. The van der Waals surface area contributed by atoms with E-state index in [4.69, 9.17) is 9.47 Å². The van der Waals surface area contributed by atoms with E-state index in [-0.39, 0.29) is 16.6 Å². The number of morpholine rings is 1. The summed E-state index contributed by atoms with van der Waals surface area (Å²) in [5.74, 6) is 0.538. The molecule has 52 heavy (non-hydrogen) atoms. The molecule has 0 saturated carbocycles. The second kappa shape index (κ2) is 20.9. The summed E-state index contributed by atoms with van der Waals surface area (Å²) in [6.07, 6.45) is 29.9. The molecule has 0 aromatic rings. The van der Waals surface area contributed by atoms with Crippen molar-refractivity contribution in [1.82, 2.24) is 4.90 Å². The average molecular weight is 710 g/mol. The number of ether oxygens (including phenoxy) is 2. The van der Waals surface area contributed by atoms with E-state index in [9.17, 15) is 9.59 Å². The third kappa shape index (κ3) is 14.9. The number of amides is 1. The van der Waals surface area contributed by atoms with E-state index >= 15 is 0 Å². The molecule has 2 rings (SSSR count). The molecule has 0 spiro atoms. The summed E-state index contributed by atoms with van der Waals surface area (Å²) < 4.78 is 11.0. The van der Waals surface area contributed by atoms with Crippen LogP contribution in [0.5, 0.6) is 0 Å². The van der Waals surface area contributed by atoms with Crippen molar-refractivity contribution in [2.75, 3.05) is 26.3 Å². The molecule has 1 saturated heterocycles. The molecule has 1 fully saturated rings. The van der Waals surface area contributed by atoms with Crippen molar-refractivity contribution in [3.8, 4) is 0 Å². The minimum Gasteiger partial charge on any atom is -0.438 e. The van der Waals surface area contributed by atoms with Crippen molar-refractivity contribution in [3.05, 3.63) is 130 Å². The van der Waals surface area contributed by atoms with Crippen molar-refractivity contribution in [2.45, 2.75) is 109 Å². The van der Waals surface area contributed by atoms with Gasteiger partial charge in [0.2, 0.25) is 0 Å². The predicted octanol–water partition coefficient (Wildman–Crippen LogP) is 12.1. The van der Waals surface area contributed by atoms with Gasteiger partial charge in [-0.2, -0.15) is 0 Å². The van der Waals surface area contributed by atoms with Crippen LogP contribution in [-0.4, -0.2) is 49.2 Å². The van der Waals surface area contributed by atoms with E-state index in [0.717, 1.165) is 16.7 Å². The summed E-state index contributed by atoms with van der Waals surface area (Å²) in [5.41, 5.74) is 8.88. The highest BCUT2D eigenvalue weighted by molar-refractivity contribution is 6.01. The average Bonchev–Trinajstić information content (AvgIpc) is 3.04. The molecule has 5 nitrogen and oxygen atoms in total. The molecular weight excluding hydrogens is 643 g/mol. The Kier molecular flexibility index (Phi) is 17.8. The largest absolute Gasteiger partial charge is 0.438 e. The van der Waals surface area contributed by atoms with E-state index in [1.807, 2.05) is 32.1 Å². The van der Waals surface area contributed by atoms with Crippen LogP contribution in [0.2, 0.25) is 0 Å². The van der Waals surface area contributed by atoms with Crippen LogP contribution in [0.25, 0.3) is 0 Å². The van der Waals surface area contributed by atoms with Gasteiger partial charge in [0.05, 0.1) is 13.2 Å². The molecule has 5 heteroatoms. The molecule has 0 aromatic heterocycles. The first kappa shape index (κ1) is 44.2. The summed E-state index contributed by atoms with van der Waals surface area (Å²) >= 11 is 0. The summed E-state index contributed by atoms with van der Waals surface area (Å²) in [4.78, 5) is 27.5. The summed E-state index contributed by atoms with van der Waals surface area (Å²) in [6.45, 7) is 30.1. The number of carbonyl (C=O) groups excluding carboxylic acids is 2. The van der Waals surface area contributed by atoms with Crippen molar-refractivity contribution in [3.63, 3.8) is 0 Å². The van der Waals surface area contributed by atoms with Crippen LogP contribution in [0.1, 0.15) is 103 Å². The highest BCUT2D eigenvalue weighted by atomic mass is 16.6. The molecule has 0 bridgehead atoms. The van der Waals surface area contributed by atoms with Crippen molar-refractivity contribution < 1.29 is 19.1 Å². The number of allylic oxidation sites excluding steroid dienone is 21. The summed E-state index contributed by atoms with van der Waals surface area (Å²) in [6, 6.07) is 0. The van der Waals surface area contributed by atoms with E-state index < -0.39 is 12.2 Å². The van der Waals surface area contributed by atoms with Crippen LogP contribution in [0.15, 0.2) is 130 Å². The first-order valence-corrected chi connectivity index (χ1v) is 18.9. The molecule has 1 heterocycles. The monoisotopic (exact) mass is 710 g/mol. The first-order valence-electron chi connectivity index (χ1n) is 18.9. The van der Waals surface area contributed by atoms with E-state index in [0.29, 0.717) is 44.2 Å². The maximum atomic E-state index is 13.2. The van der Waals surface area contributed by atoms with Gasteiger partial charge in [-0.15, -0.1) is 0 Å². The van der Waals surface area contributed by atoms with Crippen LogP contribution < -0.4 is 0 Å². The molecule has 0 aromatic carbocycles. The van der Waals surface area contributed by atoms with Crippen molar-refractivity contribution in [2.24, 2.45) is 16.7 Å². The van der Waals surface area contributed by atoms with Gasteiger partial charge in [0.25, 0.3) is 0 Å². The number of hydrogen-bond donors (Lipinski definition) is 0. The summed E-state index contributed by atoms with van der Waals surface area (Å²) in [7, 11) is 0. The number of rotatable bonds is 14. The Morgan fingerprint density at radius 1 is 0.827 bits per heavy atom. The van der Waals surface area contributed by atoms with E-state index in [2.05, 4.69) is 143 Å². The van der Waals surface area contributed by atoms with Gasteiger partial charge in [-0.25, -0.2) is 4.79 Å². The normalized spacial score (nSPS) is 20.2. The second-order valence-electron chi connectivity index (χ2n) is 16.3. The number of carbonyl (C=O) groups is 2. The zero-order valence-electron chi connectivity index (χ0n) is 34.6. The highest BCUT2D eigenvalue weighted by Gasteiger charge is 2.40. The van der Waals surface area contributed by atoms with Gasteiger partial charge in [0, 0.05) is 19.5 Å². The fraction of sp³-hybridized carbons (Fsp3) is 0.489. The van der Waals surface area contributed by atoms with Crippen LogP contribution in [0, 0.1) is 16.7 Å². The fourth-order valence-electron chi connectivity index (χ4n) is 6.91. The SMILES string of the molecule is CC(C)=C(/C=C/C(C)=C/C=C/C(C)=C/C=C/C=C(C)/C=C/C=C(C)/C=C/C1=C(C)C(=O)C(OC(=O)N2CCOCC2)CC1(C)C)C(C)(C)CC(C)C. The Hall–Kier alpha value is -3.96. The zero-order valence-corrected chi connectivity index (χ0v) is 34.6. The molecule has 1 atom stereocenters. The Bertz CT molecular complexity index is 1600. The lowest BCUT2D eigenvalue weighted by Crippen LogP contribution is -2.45.